The van der Waals surface area contributed by atoms with Crippen molar-refractivity contribution in [2.75, 3.05) is 0 Å². The second kappa shape index (κ2) is 6.79. The van der Waals surface area contributed by atoms with Crippen molar-refractivity contribution in [2.24, 2.45) is 0 Å². The van der Waals surface area contributed by atoms with Crippen LogP contribution in [0.25, 0.3) is 27.8 Å². The molecule has 0 N–H and O–H groups in total. The number of pyridine rings is 1. The van der Waals surface area contributed by atoms with Gasteiger partial charge in [0.25, 0.3) is 0 Å². The van der Waals surface area contributed by atoms with Gasteiger partial charge in [0, 0.05) is 22.2 Å². The third-order valence-corrected chi connectivity index (χ3v) is 4.81. The number of aromatic nitrogens is 4. The van der Waals surface area contributed by atoms with Crippen LogP contribution in [0.4, 0.5) is 13.2 Å². The molecule has 3 aromatic heterocycles. The summed E-state index contributed by atoms with van der Waals surface area (Å²) in [5, 5.41) is 6.47. The third kappa shape index (κ3) is 3.58. The molecule has 0 aliphatic carbocycles. The summed E-state index contributed by atoms with van der Waals surface area (Å²) in [5.41, 5.74) is 0.893. The quantitative estimate of drug-likeness (QED) is 0.436. The second-order valence-electron chi connectivity index (χ2n) is 5.56. The Morgan fingerprint density at radius 2 is 1.74 bits per heavy atom. The minimum atomic E-state index is -4.58. The molecule has 1 aromatic carbocycles. The van der Waals surface area contributed by atoms with Crippen LogP contribution < -0.4 is 0 Å². The average Bonchev–Trinajstić information content (AvgIpc) is 3.30. The Kier molecular flexibility index (Phi) is 4.45. The summed E-state index contributed by atoms with van der Waals surface area (Å²) in [5.74, 6) is 0. The number of thiazole rings is 1. The smallest absolute Gasteiger partial charge is 0.255 e. The average molecular weight is 407 g/mol. The van der Waals surface area contributed by atoms with E-state index in [-0.39, 0.29) is 10.8 Å². The Morgan fingerprint density at radius 3 is 2.41 bits per heavy atom. The molecule has 9 heteroatoms. The van der Waals surface area contributed by atoms with Crippen molar-refractivity contribution in [1.29, 1.82) is 0 Å². The molecule has 0 radical (unpaired) electrons. The molecule has 3 heterocycles. The standard InChI is InChI=1S/C18H10ClF3N4S/c19-12-6-4-11(5-7-12)15-10-27-17(24-15)26-16(18(20,21)22)9-14(25-26)13-3-1-2-8-23-13/h1-10H. The highest BCUT2D eigenvalue weighted by molar-refractivity contribution is 7.12. The van der Waals surface area contributed by atoms with E-state index in [4.69, 9.17) is 11.6 Å². The number of rotatable bonds is 3. The third-order valence-electron chi connectivity index (χ3n) is 3.74. The van der Waals surface area contributed by atoms with Crippen molar-refractivity contribution in [3.05, 3.63) is 70.8 Å². The van der Waals surface area contributed by atoms with E-state index in [1.54, 1.807) is 47.8 Å². The lowest BCUT2D eigenvalue weighted by atomic mass is 10.2. The molecular formula is C18H10ClF3N4S. The van der Waals surface area contributed by atoms with E-state index < -0.39 is 11.9 Å². The van der Waals surface area contributed by atoms with Crippen molar-refractivity contribution in [3.63, 3.8) is 0 Å². The maximum atomic E-state index is 13.5. The SMILES string of the molecule is FC(F)(F)c1cc(-c2ccccn2)nn1-c1nc(-c2ccc(Cl)cc2)cs1. The van der Waals surface area contributed by atoms with E-state index in [1.807, 2.05) is 0 Å². The lowest BCUT2D eigenvalue weighted by Gasteiger charge is -2.07. The highest BCUT2D eigenvalue weighted by Crippen LogP contribution is 2.35. The van der Waals surface area contributed by atoms with Crippen molar-refractivity contribution in [1.82, 2.24) is 19.7 Å². The maximum absolute atomic E-state index is 13.5. The first-order valence-corrected chi connectivity index (χ1v) is 8.98. The van der Waals surface area contributed by atoms with Gasteiger partial charge in [-0.25, -0.2) is 9.67 Å². The summed E-state index contributed by atoms with van der Waals surface area (Å²) in [6.07, 6.45) is -3.07. The Labute approximate surface area is 160 Å². The summed E-state index contributed by atoms with van der Waals surface area (Å²) in [4.78, 5) is 8.38. The molecule has 0 aliphatic rings. The van der Waals surface area contributed by atoms with Crippen LogP contribution >= 0.6 is 22.9 Å². The minimum absolute atomic E-state index is 0.120. The predicted molar refractivity (Wildman–Crippen MR) is 97.9 cm³/mol. The zero-order valence-electron chi connectivity index (χ0n) is 13.5. The Morgan fingerprint density at radius 1 is 0.963 bits per heavy atom. The van der Waals surface area contributed by atoms with Crippen LogP contribution in [0.15, 0.2) is 60.1 Å². The lowest BCUT2D eigenvalue weighted by molar-refractivity contribution is -0.142. The molecule has 0 saturated carbocycles. The topological polar surface area (TPSA) is 43.6 Å². The first-order valence-electron chi connectivity index (χ1n) is 7.72. The zero-order valence-corrected chi connectivity index (χ0v) is 15.1. The molecule has 0 saturated heterocycles. The Bertz CT molecular complexity index is 1070. The monoisotopic (exact) mass is 406 g/mol. The van der Waals surface area contributed by atoms with Crippen LogP contribution in [0.1, 0.15) is 5.69 Å². The van der Waals surface area contributed by atoms with E-state index >= 15 is 0 Å². The van der Waals surface area contributed by atoms with E-state index in [2.05, 4.69) is 15.1 Å². The predicted octanol–water partition coefficient (Wildman–Crippen LogP) is 5.73. The number of hydrogen-bond acceptors (Lipinski definition) is 4. The molecular weight excluding hydrogens is 397 g/mol. The van der Waals surface area contributed by atoms with E-state index in [1.165, 1.54) is 6.20 Å². The second-order valence-corrected chi connectivity index (χ2v) is 6.83. The maximum Gasteiger partial charge on any atom is 0.433 e. The van der Waals surface area contributed by atoms with Crippen LogP contribution in [-0.2, 0) is 6.18 Å². The van der Waals surface area contributed by atoms with Gasteiger partial charge in [-0.3, -0.25) is 4.98 Å². The minimum Gasteiger partial charge on any atom is -0.255 e. The van der Waals surface area contributed by atoms with Crippen molar-refractivity contribution >= 4 is 22.9 Å². The number of halogens is 4. The van der Waals surface area contributed by atoms with E-state index in [9.17, 15) is 13.2 Å². The van der Waals surface area contributed by atoms with Gasteiger partial charge in [-0.2, -0.15) is 18.3 Å². The van der Waals surface area contributed by atoms with E-state index in [0.29, 0.717) is 16.4 Å². The fourth-order valence-electron chi connectivity index (χ4n) is 2.48. The van der Waals surface area contributed by atoms with Gasteiger partial charge in [0.2, 0.25) is 5.13 Å². The van der Waals surface area contributed by atoms with E-state index in [0.717, 1.165) is 27.6 Å². The first kappa shape index (κ1) is 17.7. The van der Waals surface area contributed by atoms with Crippen LogP contribution in [0.5, 0.6) is 0 Å². The molecule has 0 unspecified atom stereocenters. The fourth-order valence-corrected chi connectivity index (χ4v) is 3.40. The fraction of sp³-hybridized carbons (Fsp3) is 0.0556. The summed E-state index contributed by atoms with van der Waals surface area (Å²) >= 11 is 6.95. The van der Waals surface area contributed by atoms with Crippen molar-refractivity contribution < 1.29 is 13.2 Å². The summed E-state index contributed by atoms with van der Waals surface area (Å²) in [6.45, 7) is 0. The molecule has 0 atom stereocenters. The molecule has 0 fully saturated rings. The van der Waals surface area contributed by atoms with Gasteiger partial charge in [0.1, 0.15) is 5.69 Å². The number of alkyl halides is 3. The van der Waals surface area contributed by atoms with Gasteiger partial charge in [0.05, 0.1) is 11.4 Å². The molecule has 0 aliphatic heterocycles. The molecule has 27 heavy (non-hydrogen) atoms. The molecule has 0 bridgehead atoms. The summed E-state index contributed by atoms with van der Waals surface area (Å²) < 4.78 is 41.4. The van der Waals surface area contributed by atoms with Crippen LogP contribution in [0, 0.1) is 0 Å². The highest BCUT2D eigenvalue weighted by Gasteiger charge is 2.37. The van der Waals surface area contributed by atoms with Gasteiger partial charge in [-0.1, -0.05) is 29.8 Å². The molecule has 0 spiro atoms. The van der Waals surface area contributed by atoms with Crippen LogP contribution in [0.3, 0.4) is 0 Å². The number of hydrogen-bond donors (Lipinski definition) is 0. The lowest BCUT2D eigenvalue weighted by Crippen LogP contribution is -2.13. The van der Waals surface area contributed by atoms with Crippen LogP contribution in [0.2, 0.25) is 5.02 Å². The van der Waals surface area contributed by atoms with Crippen molar-refractivity contribution in [3.8, 4) is 27.8 Å². The molecule has 136 valence electrons. The zero-order chi connectivity index (χ0) is 19.0. The Hall–Kier alpha value is -2.71. The first-order chi connectivity index (χ1) is 12.9. The van der Waals surface area contributed by atoms with Gasteiger partial charge >= 0.3 is 6.18 Å². The van der Waals surface area contributed by atoms with Gasteiger partial charge in [0.15, 0.2) is 5.69 Å². The summed E-state index contributed by atoms with van der Waals surface area (Å²) in [7, 11) is 0. The Balaban J connectivity index is 1.79. The number of nitrogens with zero attached hydrogens (tertiary/aromatic N) is 4. The normalized spacial score (nSPS) is 11.7. The molecule has 4 rings (SSSR count). The number of benzene rings is 1. The molecule has 0 amide bonds. The largest absolute Gasteiger partial charge is 0.433 e. The highest BCUT2D eigenvalue weighted by atomic mass is 35.5. The van der Waals surface area contributed by atoms with Crippen molar-refractivity contribution in [2.45, 2.75) is 6.18 Å². The van der Waals surface area contributed by atoms with Gasteiger partial charge in [-0.05, 0) is 30.3 Å². The summed E-state index contributed by atoms with van der Waals surface area (Å²) in [6, 6.07) is 12.9. The molecule has 4 aromatic rings. The van der Waals surface area contributed by atoms with Crippen LogP contribution in [-0.4, -0.2) is 19.7 Å². The van der Waals surface area contributed by atoms with Gasteiger partial charge in [-0.15, -0.1) is 11.3 Å². The molecule has 4 nitrogen and oxygen atoms in total. The van der Waals surface area contributed by atoms with Gasteiger partial charge < -0.3 is 0 Å².